The number of nitrogens with zero attached hydrogens (tertiary/aromatic N) is 3. The molecule has 0 radical (unpaired) electrons. The van der Waals surface area contributed by atoms with Gasteiger partial charge < -0.3 is 10.2 Å². The Kier molecular flexibility index (Phi) is 5.31. The van der Waals surface area contributed by atoms with Crippen molar-refractivity contribution >= 4 is 29.1 Å². The van der Waals surface area contributed by atoms with Crippen molar-refractivity contribution in [1.29, 1.82) is 0 Å². The van der Waals surface area contributed by atoms with Gasteiger partial charge in [-0.15, -0.1) is 0 Å². The molecular weight excluding hydrogens is 376 g/mol. The van der Waals surface area contributed by atoms with Crippen LogP contribution < -0.4 is 5.32 Å². The van der Waals surface area contributed by atoms with Gasteiger partial charge in [0.2, 0.25) is 5.91 Å². The van der Waals surface area contributed by atoms with E-state index < -0.39 is 0 Å². The van der Waals surface area contributed by atoms with Gasteiger partial charge in [0.15, 0.2) is 0 Å². The number of benzene rings is 1. The van der Waals surface area contributed by atoms with Gasteiger partial charge in [-0.1, -0.05) is 18.0 Å². The van der Waals surface area contributed by atoms with E-state index in [-0.39, 0.29) is 23.7 Å². The number of carbonyl (C=O) groups excluding carboxylic acids is 2. The molecule has 0 bridgehead atoms. The summed E-state index contributed by atoms with van der Waals surface area (Å²) in [6, 6.07) is 6.94. The Bertz CT molecular complexity index is 896. The van der Waals surface area contributed by atoms with E-state index in [1.54, 1.807) is 30.5 Å². The van der Waals surface area contributed by atoms with E-state index in [4.69, 9.17) is 11.6 Å². The first-order valence-corrected chi connectivity index (χ1v) is 10.1. The first-order chi connectivity index (χ1) is 13.5. The Labute approximate surface area is 169 Å². The number of hydrogen-bond donors (Lipinski definition) is 1. The Morgan fingerprint density at radius 2 is 1.93 bits per heavy atom. The highest BCUT2D eigenvalue weighted by atomic mass is 35.5. The molecule has 1 aromatic heterocycles. The van der Waals surface area contributed by atoms with Crippen molar-refractivity contribution < 1.29 is 9.59 Å². The van der Waals surface area contributed by atoms with E-state index in [0.717, 1.165) is 32.2 Å². The number of hydrogen-bond acceptors (Lipinski definition) is 4. The molecule has 0 spiro atoms. The van der Waals surface area contributed by atoms with Crippen molar-refractivity contribution in [2.45, 2.75) is 38.5 Å². The van der Waals surface area contributed by atoms with Crippen LogP contribution in [0.15, 0.2) is 30.5 Å². The minimum atomic E-state index is -0.250. The van der Waals surface area contributed by atoms with Gasteiger partial charge in [-0.25, -0.2) is 9.97 Å². The number of nitrogens with one attached hydrogen (secondary N) is 1. The molecule has 1 saturated carbocycles. The van der Waals surface area contributed by atoms with E-state index in [0.29, 0.717) is 34.3 Å². The molecule has 1 aliphatic heterocycles. The van der Waals surface area contributed by atoms with Gasteiger partial charge in [-0.2, -0.15) is 0 Å². The molecule has 1 aromatic carbocycles. The Morgan fingerprint density at radius 1 is 1.18 bits per heavy atom. The summed E-state index contributed by atoms with van der Waals surface area (Å²) >= 11 is 5.87. The molecule has 4 rings (SSSR count). The van der Waals surface area contributed by atoms with Crippen LogP contribution in [0.3, 0.4) is 0 Å². The SMILES string of the molecule is Cc1nc(C2CCN(C(=O)C3CCC3)C2)ncc1C(=O)Nc1ccc(Cl)cc1. The maximum atomic E-state index is 12.5. The average molecular weight is 399 g/mol. The quantitative estimate of drug-likeness (QED) is 0.849. The summed E-state index contributed by atoms with van der Waals surface area (Å²) in [7, 11) is 0. The largest absolute Gasteiger partial charge is 0.342 e. The van der Waals surface area contributed by atoms with Crippen LogP contribution in [0.4, 0.5) is 5.69 Å². The topological polar surface area (TPSA) is 75.2 Å². The molecule has 2 heterocycles. The second-order valence-corrected chi connectivity index (χ2v) is 8.02. The zero-order valence-electron chi connectivity index (χ0n) is 15.8. The fourth-order valence-corrected chi connectivity index (χ4v) is 3.85. The predicted molar refractivity (Wildman–Crippen MR) is 107 cm³/mol. The third-order valence-electron chi connectivity index (χ3n) is 5.66. The Hall–Kier alpha value is -2.47. The number of rotatable bonds is 4. The highest BCUT2D eigenvalue weighted by Crippen LogP contribution is 2.32. The normalized spacial score (nSPS) is 19.4. The van der Waals surface area contributed by atoms with Crippen LogP contribution in [0.1, 0.15) is 53.5 Å². The highest BCUT2D eigenvalue weighted by Gasteiger charge is 2.35. The van der Waals surface area contributed by atoms with E-state index in [1.807, 2.05) is 11.8 Å². The minimum absolute atomic E-state index is 0.135. The molecule has 1 N–H and O–H groups in total. The second kappa shape index (κ2) is 7.87. The van der Waals surface area contributed by atoms with Crippen molar-refractivity contribution in [3.05, 3.63) is 52.6 Å². The average Bonchev–Trinajstić information content (AvgIpc) is 3.12. The summed E-state index contributed by atoms with van der Waals surface area (Å²) in [5.41, 5.74) is 1.75. The van der Waals surface area contributed by atoms with Crippen LogP contribution in [0, 0.1) is 12.8 Å². The fraction of sp³-hybridized carbons (Fsp3) is 0.429. The smallest absolute Gasteiger partial charge is 0.259 e. The third-order valence-corrected chi connectivity index (χ3v) is 5.92. The molecule has 2 aliphatic rings. The van der Waals surface area contributed by atoms with Crippen LogP contribution in [0.5, 0.6) is 0 Å². The van der Waals surface area contributed by atoms with Gasteiger partial charge in [-0.05, 0) is 50.5 Å². The van der Waals surface area contributed by atoms with Crippen LogP contribution in [-0.4, -0.2) is 39.8 Å². The number of amides is 2. The molecular formula is C21H23ClN4O2. The number of likely N-dealkylation sites (tertiary alicyclic amines) is 1. The van der Waals surface area contributed by atoms with Gasteiger partial charge in [0.1, 0.15) is 5.82 Å². The van der Waals surface area contributed by atoms with Crippen molar-refractivity contribution in [2.75, 3.05) is 18.4 Å². The summed E-state index contributed by atoms with van der Waals surface area (Å²) in [5, 5.41) is 3.45. The van der Waals surface area contributed by atoms with E-state index in [9.17, 15) is 9.59 Å². The van der Waals surface area contributed by atoms with E-state index >= 15 is 0 Å². The summed E-state index contributed by atoms with van der Waals surface area (Å²) in [6.07, 6.45) is 5.66. The highest BCUT2D eigenvalue weighted by molar-refractivity contribution is 6.30. The summed E-state index contributed by atoms with van der Waals surface area (Å²) in [5.74, 6) is 1.10. The molecule has 6 nitrogen and oxygen atoms in total. The van der Waals surface area contributed by atoms with Crippen molar-refractivity contribution in [3.8, 4) is 0 Å². The second-order valence-electron chi connectivity index (χ2n) is 7.59. The molecule has 7 heteroatoms. The number of carbonyl (C=O) groups is 2. The summed E-state index contributed by atoms with van der Waals surface area (Å²) in [6.45, 7) is 3.25. The van der Waals surface area contributed by atoms with E-state index in [2.05, 4.69) is 15.3 Å². The third kappa shape index (κ3) is 3.87. The molecule has 1 unspecified atom stereocenters. The van der Waals surface area contributed by atoms with Crippen LogP contribution in [-0.2, 0) is 4.79 Å². The zero-order valence-corrected chi connectivity index (χ0v) is 16.6. The summed E-state index contributed by atoms with van der Waals surface area (Å²) in [4.78, 5) is 35.9. The lowest BCUT2D eigenvalue weighted by Gasteiger charge is -2.29. The summed E-state index contributed by atoms with van der Waals surface area (Å²) < 4.78 is 0. The Morgan fingerprint density at radius 3 is 2.57 bits per heavy atom. The first kappa shape index (κ1) is 18.9. The fourth-order valence-electron chi connectivity index (χ4n) is 3.72. The van der Waals surface area contributed by atoms with Crippen molar-refractivity contribution in [2.24, 2.45) is 5.92 Å². The standard InChI is InChI=1S/C21H23ClN4O2/c1-13-18(20(27)25-17-7-5-16(22)6-8-17)11-23-19(24-13)15-9-10-26(12-15)21(28)14-3-2-4-14/h5-8,11,14-15H,2-4,9-10,12H2,1H3,(H,25,27). The Balaban J connectivity index is 1.42. The lowest BCUT2D eigenvalue weighted by atomic mass is 9.84. The van der Waals surface area contributed by atoms with Gasteiger partial charge in [-0.3, -0.25) is 9.59 Å². The minimum Gasteiger partial charge on any atom is -0.342 e. The maximum absolute atomic E-state index is 12.5. The van der Waals surface area contributed by atoms with Crippen molar-refractivity contribution in [3.63, 3.8) is 0 Å². The molecule has 2 amide bonds. The molecule has 28 heavy (non-hydrogen) atoms. The molecule has 1 atom stereocenters. The monoisotopic (exact) mass is 398 g/mol. The lowest BCUT2D eigenvalue weighted by molar-refractivity contribution is -0.137. The zero-order chi connectivity index (χ0) is 19.7. The van der Waals surface area contributed by atoms with Crippen LogP contribution >= 0.6 is 11.6 Å². The molecule has 1 saturated heterocycles. The molecule has 1 aliphatic carbocycles. The van der Waals surface area contributed by atoms with Crippen LogP contribution in [0.2, 0.25) is 5.02 Å². The molecule has 2 aromatic rings. The van der Waals surface area contributed by atoms with Gasteiger partial charge >= 0.3 is 0 Å². The number of anilines is 1. The van der Waals surface area contributed by atoms with Gasteiger partial charge in [0.25, 0.3) is 5.91 Å². The molecule has 146 valence electrons. The number of aryl methyl sites for hydroxylation is 1. The van der Waals surface area contributed by atoms with Gasteiger partial charge in [0.05, 0.1) is 11.3 Å². The number of halogens is 1. The van der Waals surface area contributed by atoms with Gasteiger partial charge in [0, 0.05) is 41.8 Å². The predicted octanol–water partition coefficient (Wildman–Crippen LogP) is 3.81. The van der Waals surface area contributed by atoms with E-state index in [1.165, 1.54) is 0 Å². The lowest BCUT2D eigenvalue weighted by Crippen LogP contribution is -2.37. The number of aromatic nitrogens is 2. The van der Waals surface area contributed by atoms with Crippen LogP contribution in [0.25, 0.3) is 0 Å². The molecule has 2 fully saturated rings. The maximum Gasteiger partial charge on any atom is 0.259 e. The first-order valence-electron chi connectivity index (χ1n) is 9.70. The van der Waals surface area contributed by atoms with Crippen molar-refractivity contribution in [1.82, 2.24) is 14.9 Å².